The van der Waals surface area contributed by atoms with Gasteiger partial charge in [-0.15, -0.1) is 0 Å². The molecule has 17 heavy (non-hydrogen) atoms. The Balaban J connectivity index is 2.48. The predicted molar refractivity (Wildman–Crippen MR) is 70.7 cm³/mol. The summed E-state index contributed by atoms with van der Waals surface area (Å²) in [4.78, 5) is 0. The Labute approximate surface area is 104 Å². The van der Waals surface area contributed by atoms with Gasteiger partial charge in [-0.05, 0) is 32.4 Å². The smallest absolute Gasteiger partial charge is 0.149 e. The zero-order chi connectivity index (χ0) is 13.1. The van der Waals surface area contributed by atoms with Crippen LogP contribution in [0.1, 0.15) is 26.3 Å². The van der Waals surface area contributed by atoms with Gasteiger partial charge in [0.1, 0.15) is 9.84 Å². The highest BCUT2D eigenvalue weighted by atomic mass is 32.2. The Bertz CT molecular complexity index is 455. The van der Waals surface area contributed by atoms with E-state index < -0.39 is 9.84 Å². The van der Waals surface area contributed by atoms with E-state index in [9.17, 15) is 8.42 Å². The van der Waals surface area contributed by atoms with E-state index in [-0.39, 0.29) is 11.3 Å². The first-order chi connectivity index (χ1) is 7.66. The molecule has 0 amide bonds. The van der Waals surface area contributed by atoms with Crippen LogP contribution in [0, 0.1) is 0 Å². The molecule has 1 aromatic heterocycles. The number of nitrogens with zero attached hydrogens (tertiary/aromatic N) is 1. The minimum absolute atomic E-state index is 0.0921. The fourth-order valence-corrected chi connectivity index (χ4v) is 1.92. The fourth-order valence-electron chi connectivity index (χ4n) is 1.37. The predicted octanol–water partition coefficient (Wildman–Crippen LogP) is 1.42. The Morgan fingerprint density at radius 3 is 2.53 bits per heavy atom. The van der Waals surface area contributed by atoms with E-state index in [1.807, 2.05) is 23.0 Å². The number of aromatic nitrogens is 1. The highest BCUT2D eigenvalue weighted by molar-refractivity contribution is 7.90. The standard InChI is InChI=1S/C12H22N2O2S/c1-12(2,3)13-9-11-5-6-14(10-11)7-8-17(4,15)16/h5-6,10,13H,7-9H2,1-4H3. The number of hydrogen-bond donors (Lipinski definition) is 1. The van der Waals surface area contributed by atoms with E-state index in [0.29, 0.717) is 6.54 Å². The summed E-state index contributed by atoms with van der Waals surface area (Å²) in [6.07, 6.45) is 5.17. The molecule has 0 aliphatic heterocycles. The number of rotatable bonds is 5. The van der Waals surface area contributed by atoms with Crippen LogP contribution in [0.15, 0.2) is 18.5 Å². The number of nitrogens with one attached hydrogen (secondary N) is 1. The van der Waals surface area contributed by atoms with Crippen LogP contribution in [0.5, 0.6) is 0 Å². The van der Waals surface area contributed by atoms with E-state index in [1.165, 1.54) is 11.8 Å². The summed E-state index contributed by atoms with van der Waals surface area (Å²) >= 11 is 0. The molecule has 0 unspecified atom stereocenters. The molecule has 4 nitrogen and oxygen atoms in total. The lowest BCUT2D eigenvalue weighted by Gasteiger charge is -2.19. The summed E-state index contributed by atoms with van der Waals surface area (Å²) < 4.78 is 24.0. The molecule has 1 heterocycles. The highest BCUT2D eigenvalue weighted by Gasteiger charge is 2.09. The van der Waals surface area contributed by atoms with E-state index in [2.05, 4.69) is 26.1 Å². The molecule has 1 rings (SSSR count). The maximum Gasteiger partial charge on any atom is 0.149 e. The van der Waals surface area contributed by atoms with E-state index in [1.54, 1.807) is 0 Å². The van der Waals surface area contributed by atoms with Crippen LogP contribution in [-0.2, 0) is 22.9 Å². The molecule has 0 aliphatic rings. The molecule has 5 heteroatoms. The van der Waals surface area contributed by atoms with Crippen LogP contribution < -0.4 is 5.32 Å². The molecule has 0 saturated carbocycles. The third-order valence-corrected chi connectivity index (χ3v) is 3.28. The summed E-state index contributed by atoms with van der Waals surface area (Å²) in [5.41, 5.74) is 1.27. The second-order valence-corrected chi connectivity index (χ2v) is 7.75. The lowest BCUT2D eigenvalue weighted by atomic mass is 10.1. The van der Waals surface area contributed by atoms with Crippen molar-refractivity contribution >= 4 is 9.84 Å². The summed E-state index contributed by atoms with van der Waals surface area (Å²) in [6.45, 7) is 7.68. The third kappa shape index (κ3) is 6.48. The summed E-state index contributed by atoms with van der Waals surface area (Å²) in [7, 11) is -2.89. The van der Waals surface area contributed by atoms with Crippen molar-refractivity contribution in [3.8, 4) is 0 Å². The van der Waals surface area contributed by atoms with E-state index in [4.69, 9.17) is 0 Å². The molecule has 0 aromatic carbocycles. The molecule has 0 fully saturated rings. The molecule has 0 aliphatic carbocycles. The van der Waals surface area contributed by atoms with Gasteiger partial charge in [0, 0.05) is 37.3 Å². The van der Waals surface area contributed by atoms with Crippen LogP contribution in [0.25, 0.3) is 0 Å². The van der Waals surface area contributed by atoms with Gasteiger partial charge in [0.25, 0.3) is 0 Å². The molecule has 0 saturated heterocycles. The van der Waals surface area contributed by atoms with Crippen molar-refractivity contribution in [3.63, 3.8) is 0 Å². The van der Waals surface area contributed by atoms with Crippen molar-refractivity contribution in [2.75, 3.05) is 12.0 Å². The first kappa shape index (κ1) is 14.3. The zero-order valence-electron chi connectivity index (χ0n) is 11.0. The number of sulfone groups is 1. The van der Waals surface area contributed by atoms with Gasteiger partial charge < -0.3 is 9.88 Å². The third-order valence-electron chi connectivity index (χ3n) is 2.35. The normalized spacial score (nSPS) is 12.9. The van der Waals surface area contributed by atoms with Crippen molar-refractivity contribution in [2.45, 2.75) is 39.4 Å². The number of hydrogen-bond acceptors (Lipinski definition) is 3. The average Bonchev–Trinajstić information content (AvgIpc) is 2.57. The van der Waals surface area contributed by atoms with Crippen LogP contribution in [0.2, 0.25) is 0 Å². The molecular formula is C12H22N2O2S. The fraction of sp³-hybridized carbons (Fsp3) is 0.667. The van der Waals surface area contributed by atoms with Gasteiger partial charge >= 0.3 is 0 Å². The lowest BCUT2D eigenvalue weighted by molar-refractivity contribution is 0.424. The average molecular weight is 258 g/mol. The van der Waals surface area contributed by atoms with Gasteiger partial charge in [-0.1, -0.05) is 0 Å². The van der Waals surface area contributed by atoms with Gasteiger partial charge in [-0.2, -0.15) is 0 Å². The van der Waals surface area contributed by atoms with E-state index in [0.717, 1.165) is 6.54 Å². The zero-order valence-corrected chi connectivity index (χ0v) is 11.8. The highest BCUT2D eigenvalue weighted by Crippen LogP contribution is 2.05. The second kappa shape index (κ2) is 5.23. The van der Waals surface area contributed by atoms with Crippen LogP contribution in [0.3, 0.4) is 0 Å². The Morgan fingerprint density at radius 2 is 2.00 bits per heavy atom. The summed E-state index contributed by atoms with van der Waals surface area (Å²) in [6, 6.07) is 2.01. The van der Waals surface area contributed by atoms with Gasteiger partial charge in [-0.3, -0.25) is 0 Å². The largest absolute Gasteiger partial charge is 0.353 e. The van der Waals surface area contributed by atoms with Crippen LogP contribution in [-0.4, -0.2) is 30.5 Å². The molecule has 1 aromatic rings. The van der Waals surface area contributed by atoms with Gasteiger partial charge in [0.2, 0.25) is 0 Å². The topological polar surface area (TPSA) is 51.1 Å². The van der Waals surface area contributed by atoms with Crippen molar-refractivity contribution in [3.05, 3.63) is 24.0 Å². The van der Waals surface area contributed by atoms with Gasteiger partial charge in [0.05, 0.1) is 5.75 Å². The maximum atomic E-state index is 11.0. The first-order valence-corrected chi connectivity index (χ1v) is 7.79. The minimum atomic E-state index is -2.89. The molecule has 98 valence electrons. The monoisotopic (exact) mass is 258 g/mol. The molecule has 0 bridgehead atoms. The summed E-state index contributed by atoms with van der Waals surface area (Å²) in [5, 5.41) is 3.39. The SMILES string of the molecule is CC(C)(C)NCc1ccn(CCS(C)(=O)=O)c1. The van der Waals surface area contributed by atoms with Crippen LogP contribution in [0.4, 0.5) is 0 Å². The maximum absolute atomic E-state index is 11.0. The minimum Gasteiger partial charge on any atom is -0.353 e. The molecule has 0 atom stereocenters. The Hall–Kier alpha value is -0.810. The van der Waals surface area contributed by atoms with Crippen molar-refractivity contribution in [1.82, 2.24) is 9.88 Å². The van der Waals surface area contributed by atoms with Crippen LogP contribution >= 0.6 is 0 Å². The van der Waals surface area contributed by atoms with Crippen molar-refractivity contribution < 1.29 is 8.42 Å². The first-order valence-electron chi connectivity index (χ1n) is 5.73. The van der Waals surface area contributed by atoms with Crippen molar-refractivity contribution in [1.29, 1.82) is 0 Å². The Morgan fingerprint density at radius 1 is 1.35 bits per heavy atom. The number of aryl methyl sites for hydroxylation is 1. The second-order valence-electron chi connectivity index (χ2n) is 5.49. The Kier molecular flexibility index (Phi) is 4.38. The lowest BCUT2D eigenvalue weighted by Crippen LogP contribution is -2.34. The summed E-state index contributed by atoms with van der Waals surface area (Å²) in [5.74, 6) is 0.188. The molecular weight excluding hydrogens is 236 g/mol. The molecule has 0 radical (unpaired) electrons. The van der Waals surface area contributed by atoms with Gasteiger partial charge in [-0.25, -0.2) is 8.42 Å². The van der Waals surface area contributed by atoms with Gasteiger partial charge in [0.15, 0.2) is 0 Å². The van der Waals surface area contributed by atoms with E-state index >= 15 is 0 Å². The quantitative estimate of drug-likeness (QED) is 0.869. The van der Waals surface area contributed by atoms with Crippen molar-refractivity contribution in [2.24, 2.45) is 0 Å². The molecule has 0 spiro atoms. The molecule has 1 N–H and O–H groups in total.